The maximum atomic E-state index is 3.73. The summed E-state index contributed by atoms with van der Waals surface area (Å²) >= 11 is 1.87. The summed E-state index contributed by atoms with van der Waals surface area (Å²) in [5.41, 5.74) is 7.39. The molecule has 0 amide bonds. The lowest BCUT2D eigenvalue weighted by molar-refractivity contribution is 1.54. The van der Waals surface area contributed by atoms with Crippen LogP contribution in [-0.2, 0) is 0 Å². The third-order valence-electron chi connectivity index (χ3n) is 7.43. The first-order valence-electron chi connectivity index (χ1n) is 12.3. The maximum Gasteiger partial charge on any atom is 0.0544 e. The van der Waals surface area contributed by atoms with Crippen molar-refractivity contribution in [2.45, 2.75) is 0 Å². The lowest BCUT2D eigenvalue weighted by Gasteiger charge is -2.08. The Kier molecular flexibility index (Phi) is 4.16. The molecule has 8 aromatic rings. The monoisotopic (exact) mass is 475 g/mol. The van der Waals surface area contributed by atoms with E-state index in [0.717, 1.165) is 0 Å². The van der Waals surface area contributed by atoms with E-state index < -0.39 is 0 Å². The van der Waals surface area contributed by atoms with Gasteiger partial charge in [-0.1, -0.05) is 103 Å². The van der Waals surface area contributed by atoms with Crippen molar-refractivity contribution in [3.63, 3.8) is 0 Å². The number of aromatic amines is 1. The van der Waals surface area contributed by atoms with Crippen LogP contribution in [0.3, 0.4) is 0 Å². The fraction of sp³-hybridized carbons (Fsp3) is 0. The highest BCUT2D eigenvalue weighted by molar-refractivity contribution is 7.25. The van der Waals surface area contributed by atoms with Crippen molar-refractivity contribution in [1.29, 1.82) is 0 Å². The lowest BCUT2D eigenvalue weighted by Crippen LogP contribution is -1.83. The molecule has 8 rings (SSSR count). The van der Waals surface area contributed by atoms with E-state index in [4.69, 9.17) is 0 Å². The van der Waals surface area contributed by atoms with Crippen LogP contribution in [0.1, 0.15) is 0 Å². The van der Waals surface area contributed by atoms with Crippen molar-refractivity contribution in [2.75, 3.05) is 0 Å². The molecule has 0 aliphatic heterocycles. The Bertz CT molecular complexity index is 2090. The quantitative estimate of drug-likeness (QED) is 0.256. The van der Waals surface area contributed by atoms with Gasteiger partial charge in [0, 0.05) is 42.0 Å². The van der Waals surface area contributed by atoms with Gasteiger partial charge in [0.2, 0.25) is 0 Å². The van der Waals surface area contributed by atoms with Crippen LogP contribution >= 0.6 is 11.3 Å². The van der Waals surface area contributed by atoms with E-state index >= 15 is 0 Å². The van der Waals surface area contributed by atoms with E-state index in [9.17, 15) is 0 Å². The van der Waals surface area contributed by atoms with Gasteiger partial charge in [-0.2, -0.15) is 0 Å². The molecule has 1 N–H and O–H groups in total. The second kappa shape index (κ2) is 7.55. The summed E-state index contributed by atoms with van der Waals surface area (Å²) < 4.78 is 2.68. The number of rotatable bonds is 2. The summed E-state index contributed by atoms with van der Waals surface area (Å²) in [7, 11) is 0. The summed E-state index contributed by atoms with van der Waals surface area (Å²) in [5.74, 6) is 0. The van der Waals surface area contributed by atoms with E-state index in [-0.39, 0.29) is 0 Å². The molecule has 0 bridgehead atoms. The smallest absolute Gasteiger partial charge is 0.0544 e. The first-order chi connectivity index (χ1) is 17.8. The van der Waals surface area contributed by atoms with Gasteiger partial charge in [0.1, 0.15) is 0 Å². The number of benzene rings is 6. The Balaban J connectivity index is 1.30. The van der Waals surface area contributed by atoms with Gasteiger partial charge in [0.25, 0.3) is 0 Å². The highest BCUT2D eigenvalue weighted by Gasteiger charge is 2.14. The third kappa shape index (κ3) is 2.82. The Labute approximate surface area is 212 Å². The van der Waals surface area contributed by atoms with Gasteiger partial charge >= 0.3 is 0 Å². The largest absolute Gasteiger partial charge is 0.354 e. The minimum atomic E-state index is 1.18. The van der Waals surface area contributed by atoms with E-state index in [1.165, 1.54) is 75.0 Å². The number of thiophene rings is 1. The van der Waals surface area contributed by atoms with Gasteiger partial charge in [-0.3, -0.25) is 0 Å². The van der Waals surface area contributed by atoms with Crippen molar-refractivity contribution in [3.05, 3.63) is 121 Å². The molecule has 0 unspecified atom stereocenters. The van der Waals surface area contributed by atoms with E-state index in [2.05, 4.69) is 126 Å². The molecule has 2 heteroatoms. The molecule has 6 aromatic carbocycles. The lowest BCUT2D eigenvalue weighted by atomic mass is 9.96. The first-order valence-corrected chi connectivity index (χ1v) is 13.1. The van der Waals surface area contributed by atoms with Crippen molar-refractivity contribution >= 4 is 64.1 Å². The summed E-state index contributed by atoms with van der Waals surface area (Å²) in [6.07, 6.45) is 0. The van der Waals surface area contributed by atoms with Gasteiger partial charge in [-0.15, -0.1) is 11.3 Å². The summed E-state index contributed by atoms with van der Waals surface area (Å²) in [6.45, 7) is 0. The van der Waals surface area contributed by atoms with Gasteiger partial charge in [0.05, 0.1) is 5.52 Å². The zero-order valence-corrected chi connectivity index (χ0v) is 20.3. The maximum absolute atomic E-state index is 3.73. The zero-order valence-electron chi connectivity index (χ0n) is 19.5. The molecule has 0 saturated carbocycles. The number of H-pyrrole nitrogens is 1. The van der Waals surface area contributed by atoms with E-state index in [1.807, 2.05) is 11.3 Å². The molecule has 0 fully saturated rings. The molecule has 168 valence electrons. The van der Waals surface area contributed by atoms with Crippen LogP contribution in [0.25, 0.3) is 75.0 Å². The fourth-order valence-corrected chi connectivity index (χ4v) is 6.91. The predicted molar refractivity (Wildman–Crippen MR) is 157 cm³/mol. The standard InChI is InChI=1S/C34H21NS/c1-2-8-24-21(7-1)19-20-29-32(24)28-12-5-11-26(34(28)35-29)23-17-15-22(16-18-23)25-10-6-14-31-33(25)27-9-3-4-13-30(27)36-31/h1-20,35H. The number of aromatic nitrogens is 1. The summed E-state index contributed by atoms with van der Waals surface area (Å²) in [4.78, 5) is 3.73. The summed E-state index contributed by atoms with van der Waals surface area (Å²) in [6, 6.07) is 44.2. The Morgan fingerprint density at radius 3 is 2.00 bits per heavy atom. The normalized spacial score (nSPS) is 11.9. The van der Waals surface area contributed by atoms with Crippen molar-refractivity contribution in [1.82, 2.24) is 4.98 Å². The molecule has 1 nitrogen and oxygen atoms in total. The highest BCUT2D eigenvalue weighted by Crippen LogP contribution is 2.41. The van der Waals surface area contributed by atoms with Gasteiger partial charge in [0.15, 0.2) is 0 Å². The Hall–Kier alpha value is -4.40. The summed E-state index contributed by atoms with van der Waals surface area (Å²) in [5, 5.41) is 7.85. The number of hydrogen-bond donors (Lipinski definition) is 1. The Morgan fingerprint density at radius 2 is 1.11 bits per heavy atom. The third-order valence-corrected chi connectivity index (χ3v) is 8.57. The molecule has 2 aromatic heterocycles. The van der Waals surface area contributed by atoms with Crippen LogP contribution in [0.4, 0.5) is 0 Å². The fourth-order valence-electron chi connectivity index (χ4n) is 5.78. The van der Waals surface area contributed by atoms with Crippen LogP contribution < -0.4 is 0 Å². The van der Waals surface area contributed by atoms with Crippen LogP contribution in [0.2, 0.25) is 0 Å². The van der Waals surface area contributed by atoms with Gasteiger partial charge < -0.3 is 4.98 Å². The molecule has 0 spiro atoms. The van der Waals surface area contributed by atoms with E-state index in [0.29, 0.717) is 0 Å². The Morgan fingerprint density at radius 1 is 0.444 bits per heavy atom. The molecule has 0 radical (unpaired) electrons. The second-order valence-electron chi connectivity index (χ2n) is 9.42. The molecular formula is C34H21NS. The molecule has 0 aliphatic rings. The van der Waals surface area contributed by atoms with Gasteiger partial charge in [-0.05, 0) is 45.7 Å². The van der Waals surface area contributed by atoms with Crippen LogP contribution in [0.15, 0.2) is 121 Å². The van der Waals surface area contributed by atoms with Gasteiger partial charge in [-0.25, -0.2) is 0 Å². The van der Waals surface area contributed by atoms with Crippen LogP contribution in [0, 0.1) is 0 Å². The molecule has 0 atom stereocenters. The number of para-hydroxylation sites is 1. The topological polar surface area (TPSA) is 15.8 Å². The average Bonchev–Trinajstić information content (AvgIpc) is 3.52. The number of fused-ring (bicyclic) bond motifs is 8. The minimum absolute atomic E-state index is 1.18. The van der Waals surface area contributed by atoms with Crippen LogP contribution in [-0.4, -0.2) is 4.98 Å². The predicted octanol–water partition coefficient (Wildman–Crippen LogP) is 10.2. The molecular weight excluding hydrogens is 454 g/mol. The minimum Gasteiger partial charge on any atom is -0.354 e. The van der Waals surface area contributed by atoms with E-state index in [1.54, 1.807) is 0 Å². The van der Waals surface area contributed by atoms with Crippen molar-refractivity contribution in [2.24, 2.45) is 0 Å². The second-order valence-corrected chi connectivity index (χ2v) is 10.5. The average molecular weight is 476 g/mol. The molecule has 0 aliphatic carbocycles. The molecule has 36 heavy (non-hydrogen) atoms. The SMILES string of the molecule is c1ccc2c(c1)ccc1[nH]c3c(-c4ccc(-c5cccc6sc7ccccc7c56)cc4)cccc3c12. The first kappa shape index (κ1) is 19.9. The molecule has 2 heterocycles. The number of nitrogens with one attached hydrogen (secondary N) is 1. The zero-order chi connectivity index (χ0) is 23.6. The van der Waals surface area contributed by atoms with Crippen molar-refractivity contribution in [3.8, 4) is 22.3 Å². The number of hydrogen-bond acceptors (Lipinski definition) is 1. The van der Waals surface area contributed by atoms with Crippen LogP contribution in [0.5, 0.6) is 0 Å². The highest BCUT2D eigenvalue weighted by atomic mass is 32.1. The molecule has 0 saturated heterocycles. The van der Waals surface area contributed by atoms with Crippen molar-refractivity contribution < 1.29 is 0 Å².